The summed E-state index contributed by atoms with van der Waals surface area (Å²) in [5.41, 5.74) is 0. The van der Waals surface area contributed by atoms with Crippen LogP contribution in [0, 0.1) is 5.92 Å². The number of aromatic nitrogens is 4. The van der Waals surface area contributed by atoms with Gasteiger partial charge in [0.15, 0.2) is 0 Å². The molecule has 1 aromatic heterocycles. The molecule has 5 nitrogen and oxygen atoms in total. The number of nitrogens with one attached hydrogen (secondary N) is 2. The number of aromatic amines is 1. The van der Waals surface area contributed by atoms with Crippen molar-refractivity contribution < 1.29 is 0 Å². The Morgan fingerprint density at radius 2 is 2.45 bits per heavy atom. The van der Waals surface area contributed by atoms with Gasteiger partial charge in [0.05, 0.1) is 0 Å². The summed E-state index contributed by atoms with van der Waals surface area (Å²) in [6.45, 7) is 5.23. The fourth-order valence-electron chi connectivity index (χ4n) is 0.647. The molecule has 1 rings (SSSR count). The first-order valence-electron chi connectivity index (χ1n) is 3.80. The Bertz CT molecular complexity index is 183. The molecule has 62 valence electrons. The van der Waals surface area contributed by atoms with Crippen molar-refractivity contribution in [2.75, 3.05) is 11.9 Å². The van der Waals surface area contributed by atoms with Gasteiger partial charge in [-0.3, -0.25) is 0 Å². The molecule has 1 unspecified atom stereocenters. The van der Waals surface area contributed by atoms with Gasteiger partial charge < -0.3 is 5.32 Å². The third-order valence-corrected chi connectivity index (χ3v) is 1.65. The van der Waals surface area contributed by atoms with Gasteiger partial charge in [0.25, 0.3) is 5.95 Å². The van der Waals surface area contributed by atoms with E-state index in [-0.39, 0.29) is 0 Å². The van der Waals surface area contributed by atoms with Gasteiger partial charge >= 0.3 is 0 Å². The Morgan fingerprint density at radius 1 is 1.64 bits per heavy atom. The molecule has 0 spiro atoms. The highest BCUT2D eigenvalue weighted by atomic mass is 15.5. The predicted octanol–water partition coefficient (Wildman–Crippen LogP) is 0.658. The lowest BCUT2D eigenvalue weighted by atomic mass is 10.1. The van der Waals surface area contributed by atoms with Crippen molar-refractivity contribution in [3.05, 3.63) is 0 Å². The van der Waals surface area contributed by atoms with E-state index in [1.54, 1.807) is 0 Å². The molecule has 0 saturated carbocycles. The molecule has 0 amide bonds. The normalized spacial score (nSPS) is 12.9. The lowest BCUT2D eigenvalue weighted by Crippen LogP contribution is -2.11. The van der Waals surface area contributed by atoms with Gasteiger partial charge in [-0.05, 0) is 11.1 Å². The second-order valence-corrected chi connectivity index (χ2v) is 2.63. The lowest BCUT2D eigenvalue weighted by molar-refractivity contribution is 0.591. The predicted molar refractivity (Wildman–Crippen MR) is 42.1 cm³/mol. The molecule has 0 fully saturated rings. The number of H-pyrrole nitrogens is 1. The molecule has 0 aliphatic rings. The van der Waals surface area contributed by atoms with Crippen molar-refractivity contribution in [3.8, 4) is 0 Å². The quantitative estimate of drug-likeness (QED) is 0.670. The lowest BCUT2D eigenvalue weighted by Gasteiger charge is -2.06. The van der Waals surface area contributed by atoms with Crippen LogP contribution in [0.25, 0.3) is 0 Å². The third kappa shape index (κ3) is 2.53. The van der Waals surface area contributed by atoms with Crippen LogP contribution in [-0.2, 0) is 0 Å². The van der Waals surface area contributed by atoms with E-state index in [2.05, 4.69) is 39.8 Å². The van der Waals surface area contributed by atoms with Crippen LogP contribution in [0.5, 0.6) is 0 Å². The fraction of sp³-hybridized carbons (Fsp3) is 0.833. The molecular weight excluding hydrogens is 142 g/mol. The van der Waals surface area contributed by atoms with Crippen molar-refractivity contribution in [1.29, 1.82) is 0 Å². The minimum atomic E-state index is 0.574. The monoisotopic (exact) mass is 155 g/mol. The Labute approximate surface area is 65.6 Å². The number of tetrazole rings is 1. The summed E-state index contributed by atoms with van der Waals surface area (Å²) in [6.07, 6.45) is 1.16. The maximum atomic E-state index is 3.76. The number of anilines is 1. The maximum absolute atomic E-state index is 3.76. The van der Waals surface area contributed by atoms with Gasteiger partial charge in [0.1, 0.15) is 0 Å². The summed E-state index contributed by atoms with van der Waals surface area (Å²) in [4.78, 5) is 0. The third-order valence-electron chi connectivity index (χ3n) is 1.65. The first-order chi connectivity index (χ1) is 5.33. The molecule has 2 N–H and O–H groups in total. The second kappa shape index (κ2) is 3.90. The topological polar surface area (TPSA) is 66.5 Å². The second-order valence-electron chi connectivity index (χ2n) is 2.63. The van der Waals surface area contributed by atoms with Crippen molar-refractivity contribution in [2.24, 2.45) is 5.92 Å². The van der Waals surface area contributed by atoms with Gasteiger partial charge in [-0.1, -0.05) is 25.4 Å². The zero-order chi connectivity index (χ0) is 8.10. The minimum Gasteiger partial charge on any atom is -0.351 e. The summed E-state index contributed by atoms with van der Waals surface area (Å²) < 4.78 is 0. The SMILES string of the molecule is CCC(C)CNc1nn[nH]n1. The molecule has 1 aromatic rings. The largest absolute Gasteiger partial charge is 0.351 e. The van der Waals surface area contributed by atoms with E-state index < -0.39 is 0 Å². The maximum Gasteiger partial charge on any atom is 0.263 e. The van der Waals surface area contributed by atoms with Crippen LogP contribution in [0.3, 0.4) is 0 Å². The molecule has 0 radical (unpaired) electrons. The zero-order valence-electron chi connectivity index (χ0n) is 6.83. The molecule has 5 heteroatoms. The number of nitrogens with zero attached hydrogens (tertiary/aromatic N) is 3. The number of rotatable bonds is 4. The van der Waals surface area contributed by atoms with Crippen molar-refractivity contribution in [1.82, 2.24) is 20.6 Å². The first kappa shape index (κ1) is 7.97. The van der Waals surface area contributed by atoms with Gasteiger partial charge in [0.2, 0.25) is 0 Å². The molecule has 0 aliphatic carbocycles. The van der Waals surface area contributed by atoms with Gasteiger partial charge in [-0.25, -0.2) is 0 Å². The van der Waals surface area contributed by atoms with E-state index in [4.69, 9.17) is 0 Å². The molecule has 0 saturated heterocycles. The van der Waals surface area contributed by atoms with Crippen LogP contribution in [0.4, 0.5) is 5.95 Å². The van der Waals surface area contributed by atoms with E-state index in [1.807, 2.05) is 0 Å². The molecule has 0 bridgehead atoms. The van der Waals surface area contributed by atoms with Crippen molar-refractivity contribution >= 4 is 5.95 Å². The summed E-state index contributed by atoms with van der Waals surface area (Å²) in [6, 6.07) is 0. The fourth-order valence-corrected chi connectivity index (χ4v) is 0.647. The highest BCUT2D eigenvalue weighted by Gasteiger charge is 1.99. The Kier molecular flexibility index (Phi) is 2.83. The molecule has 1 heterocycles. The highest BCUT2D eigenvalue weighted by Crippen LogP contribution is 2.00. The van der Waals surface area contributed by atoms with E-state index >= 15 is 0 Å². The Morgan fingerprint density at radius 3 is 3.00 bits per heavy atom. The van der Waals surface area contributed by atoms with Crippen LogP contribution in [0.2, 0.25) is 0 Å². The standard InChI is InChI=1S/C6H13N5/c1-3-5(2)4-7-6-8-10-11-9-6/h5H,3-4H2,1-2H3,(H2,7,8,9,10,11). The molecular formula is C6H13N5. The number of hydrogen-bond acceptors (Lipinski definition) is 4. The molecule has 0 aliphatic heterocycles. The van der Waals surface area contributed by atoms with Crippen molar-refractivity contribution in [2.45, 2.75) is 20.3 Å². The summed E-state index contributed by atoms with van der Waals surface area (Å²) in [5.74, 6) is 1.22. The van der Waals surface area contributed by atoms with Gasteiger partial charge in [-0.2, -0.15) is 5.21 Å². The number of hydrogen-bond donors (Lipinski definition) is 2. The average Bonchev–Trinajstić information content (AvgIpc) is 2.52. The summed E-state index contributed by atoms with van der Waals surface area (Å²) in [7, 11) is 0. The van der Waals surface area contributed by atoms with Gasteiger partial charge in [0, 0.05) is 6.54 Å². The molecule has 0 aromatic carbocycles. The Hall–Kier alpha value is -1.13. The zero-order valence-corrected chi connectivity index (χ0v) is 6.83. The average molecular weight is 155 g/mol. The van der Waals surface area contributed by atoms with Gasteiger partial charge in [-0.15, -0.1) is 5.10 Å². The molecule has 1 atom stereocenters. The van der Waals surface area contributed by atoms with Crippen LogP contribution in [0.1, 0.15) is 20.3 Å². The highest BCUT2D eigenvalue weighted by molar-refractivity contribution is 5.18. The minimum absolute atomic E-state index is 0.574. The summed E-state index contributed by atoms with van der Waals surface area (Å²) >= 11 is 0. The summed E-state index contributed by atoms with van der Waals surface area (Å²) in [5, 5.41) is 16.4. The van der Waals surface area contributed by atoms with Crippen LogP contribution in [-0.4, -0.2) is 27.2 Å². The smallest absolute Gasteiger partial charge is 0.263 e. The van der Waals surface area contributed by atoms with E-state index in [9.17, 15) is 0 Å². The first-order valence-corrected chi connectivity index (χ1v) is 3.80. The molecule has 11 heavy (non-hydrogen) atoms. The van der Waals surface area contributed by atoms with Crippen LogP contribution >= 0.6 is 0 Å². The van der Waals surface area contributed by atoms with E-state index in [0.29, 0.717) is 11.9 Å². The van der Waals surface area contributed by atoms with Crippen LogP contribution in [0.15, 0.2) is 0 Å². The van der Waals surface area contributed by atoms with Crippen molar-refractivity contribution in [3.63, 3.8) is 0 Å². The Balaban J connectivity index is 2.23. The van der Waals surface area contributed by atoms with E-state index in [0.717, 1.165) is 13.0 Å². The van der Waals surface area contributed by atoms with E-state index in [1.165, 1.54) is 0 Å². The van der Waals surface area contributed by atoms with Crippen LogP contribution < -0.4 is 5.32 Å².